The van der Waals surface area contributed by atoms with Gasteiger partial charge in [0.25, 0.3) is 0 Å². The first-order chi connectivity index (χ1) is 9.65. The van der Waals surface area contributed by atoms with Gasteiger partial charge in [-0.15, -0.1) is 0 Å². The molecule has 0 aliphatic rings. The van der Waals surface area contributed by atoms with E-state index in [1.807, 2.05) is 49.1 Å². The predicted octanol–water partition coefficient (Wildman–Crippen LogP) is 2.47. The molecule has 1 aromatic carbocycles. The Morgan fingerprint density at radius 1 is 1.30 bits per heavy atom. The molecule has 0 amide bonds. The number of aromatic nitrogens is 3. The van der Waals surface area contributed by atoms with Crippen LogP contribution >= 0.6 is 0 Å². The van der Waals surface area contributed by atoms with Crippen LogP contribution in [0.3, 0.4) is 0 Å². The van der Waals surface area contributed by atoms with Gasteiger partial charge >= 0.3 is 0 Å². The molecule has 2 heterocycles. The Labute approximate surface area is 117 Å². The quantitative estimate of drug-likeness (QED) is 0.715. The van der Waals surface area contributed by atoms with Gasteiger partial charge in [-0.2, -0.15) is 5.10 Å². The zero-order valence-corrected chi connectivity index (χ0v) is 11.6. The first kappa shape index (κ1) is 12.5. The first-order valence-electron chi connectivity index (χ1n) is 6.51. The summed E-state index contributed by atoms with van der Waals surface area (Å²) in [6.45, 7) is 2.71. The minimum absolute atomic E-state index is 0.704. The molecule has 5 nitrogen and oxygen atoms in total. The molecular weight excluding hydrogens is 250 g/mol. The molecule has 102 valence electrons. The smallest absolute Gasteiger partial charge is 0.0724 e. The Morgan fingerprint density at radius 3 is 2.90 bits per heavy atom. The Hall–Kier alpha value is -2.56. The highest BCUT2D eigenvalue weighted by atomic mass is 15.2. The molecule has 0 saturated carbocycles. The van der Waals surface area contributed by atoms with Crippen LogP contribution in [-0.2, 0) is 13.6 Å². The maximum Gasteiger partial charge on any atom is 0.0724 e. The van der Waals surface area contributed by atoms with Crippen molar-refractivity contribution in [3.8, 4) is 0 Å². The van der Waals surface area contributed by atoms with Crippen LogP contribution in [0.2, 0.25) is 0 Å². The van der Waals surface area contributed by atoms with Crippen molar-refractivity contribution in [1.82, 2.24) is 14.8 Å². The standard InChI is InChI=1S/C15H17N5/c1-10-11(9-20(2)19-10)8-18-14-6-5-13-12(15(14)16)4-3-7-17-13/h3-7,9,18H,8,16H2,1-2H3. The van der Waals surface area contributed by atoms with Gasteiger partial charge in [0.05, 0.1) is 22.6 Å². The number of benzene rings is 1. The van der Waals surface area contributed by atoms with Crippen molar-refractivity contribution in [3.63, 3.8) is 0 Å². The van der Waals surface area contributed by atoms with E-state index in [9.17, 15) is 0 Å². The Kier molecular flexibility index (Phi) is 3.02. The normalized spacial score (nSPS) is 10.9. The van der Waals surface area contributed by atoms with E-state index in [1.54, 1.807) is 6.20 Å². The van der Waals surface area contributed by atoms with Gasteiger partial charge in [-0.3, -0.25) is 9.67 Å². The van der Waals surface area contributed by atoms with Crippen molar-refractivity contribution in [2.75, 3.05) is 11.1 Å². The van der Waals surface area contributed by atoms with E-state index in [0.717, 1.165) is 33.5 Å². The third-order valence-corrected chi connectivity index (χ3v) is 3.41. The number of hydrogen-bond donors (Lipinski definition) is 2. The van der Waals surface area contributed by atoms with Gasteiger partial charge < -0.3 is 11.1 Å². The minimum Gasteiger partial charge on any atom is -0.397 e. The number of nitrogens with zero attached hydrogens (tertiary/aromatic N) is 3. The topological polar surface area (TPSA) is 68.8 Å². The molecule has 0 saturated heterocycles. The second kappa shape index (κ2) is 4.85. The third-order valence-electron chi connectivity index (χ3n) is 3.41. The highest BCUT2D eigenvalue weighted by molar-refractivity contribution is 5.96. The van der Waals surface area contributed by atoms with E-state index in [4.69, 9.17) is 5.73 Å². The van der Waals surface area contributed by atoms with Crippen molar-refractivity contribution in [1.29, 1.82) is 0 Å². The molecule has 0 bridgehead atoms. The molecule has 3 rings (SSSR count). The molecule has 3 aromatic rings. The average molecular weight is 267 g/mol. The molecule has 0 aliphatic heterocycles. The fourth-order valence-electron chi connectivity index (χ4n) is 2.34. The van der Waals surface area contributed by atoms with Crippen LogP contribution in [0.4, 0.5) is 11.4 Å². The second-order valence-corrected chi connectivity index (χ2v) is 4.86. The van der Waals surface area contributed by atoms with E-state index in [0.29, 0.717) is 6.54 Å². The molecular formula is C15H17N5. The van der Waals surface area contributed by atoms with E-state index in [-0.39, 0.29) is 0 Å². The van der Waals surface area contributed by atoms with Crippen LogP contribution in [0.15, 0.2) is 36.7 Å². The Bertz CT molecular complexity index is 760. The Balaban J connectivity index is 1.88. The van der Waals surface area contributed by atoms with Crippen LogP contribution in [0.25, 0.3) is 10.9 Å². The molecule has 20 heavy (non-hydrogen) atoms. The van der Waals surface area contributed by atoms with E-state index < -0.39 is 0 Å². The third kappa shape index (κ3) is 2.18. The lowest BCUT2D eigenvalue weighted by Crippen LogP contribution is -2.03. The highest BCUT2D eigenvalue weighted by Crippen LogP contribution is 2.27. The molecule has 0 unspecified atom stereocenters. The van der Waals surface area contributed by atoms with E-state index >= 15 is 0 Å². The molecule has 5 heteroatoms. The maximum atomic E-state index is 6.20. The molecule has 0 aliphatic carbocycles. The van der Waals surface area contributed by atoms with Crippen LogP contribution < -0.4 is 11.1 Å². The molecule has 0 radical (unpaired) electrons. The molecule has 0 atom stereocenters. The van der Waals surface area contributed by atoms with Gasteiger partial charge in [-0.05, 0) is 31.2 Å². The number of nitrogens with one attached hydrogen (secondary N) is 1. The van der Waals surface area contributed by atoms with Crippen molar-refractivity contribution in [3.05, 3.63) is 47.9 Å². The monoisotopic (exact) mass is 267 g/mol. The van der Waals surface area contributed by atoms with Crippen LogP contribution in [-0.4, -0.2) is 14.8 Å². The van der Waals surface area contributed by atoms with Gasteiger partial charge in [0, 0.05) is 36.9 Å². The zero-order chi connectivity index (χ0) is 14.1. The average Bonchev–Trinajstić information content (AvgIpc) is 2.77. The summed E-state index contributed by atoms with van der Waals surface area (Å²) in [5.74, 6) is 0. The first-order valence-corrected chi connectivity index (χ1v) is 6.51. The summed E-state index contributed by atoms with van der Waals surface area (Å²) in [5, 5.41) is 8.67. The largest absolute Gasteiger partial charge is 0.397 e. The maximum absolute atomic E-state index is 6.20. The number of nitrogen functional groups attached to an aromatic ring is 1. The lowest BCUT2D eigenvalue weighted by atomic mass is 10.1. The summed E-state index contributed by atoms with van der Waals surface area (Å²) in [4.78, 5) is 4.30. The number of fused-ring (bicyclic) bond motifs is 1. The SMILES string of the molecule is Cc1nn(C)cc1CNc1ccc2ncccc2c1N. The summed E-state index contributed by atoms with van der Waals surface area (Å²) >= 11 is 0. The van der Waals surface area contributed by atoms with Gasteiger partial charge in [-0.25, -0.2) is 0 Å². The van der Waals surface area contributed by atoms with Crippen LogP contribution in [0.5, 0.6) is 0 Å². The number of hydrogen-bond acceptors (Lipinski definition) is 4. The van der Waals surface area contributed by atoms with Crippen molar-refractivity contribution in [2.45, 2.75) is 13.5 Å². The van der Waals surface area contributed by atoms with Crippen molar-refractivity contribution >= 4 is 22.3 Å². The number of anilines is 2. The molecule has 2 aromatic heterocycles. The van der Waals surface area contributed by atoms with E-state index in [1.165, 1.54) is 0 Å². The van der Waals surface area contributed by atoms with Gasteiger partial charge in [0.1, 0.15) is 0 Å². The number of aryl methyl sites for hydroxylation is 2. The van der Waals surface area contributed by atoms with Crippen molar-refractivity contribution in [2.24, 2.45) is 7.05 Å². The number of pyridine rings is 1. The zero-order valence-electron chi connectivity index (χ0n) is 11.6. The lowest BCUT2D eigenvalue weighted by Gasteiger charge is -2.11. The van der Waals surface area contributed by atoms with Crippen LogP contribution in [0, 0.1) is 6.92 Å². The molecule has 0 fully saturated rings. The van der Waals surface area contributed by atoms with Gasteiger partial charge in [0.15, 0.2) is 0 Å². The molecule has 0 spiro atoms. The minimum atomic E-state index is 0.704. The van der Waals surface area contributed by atoms with E-state index in [2.05, 4.69) is 15.4 Å². The summed E-state index contributed by atoms with van der Waals surface area (Å²) in [6, 6.07) is 7.83. The van der Waals surface area contributed by atoms with Gasteiger partial charge in [-0.1, -0.05) is 0 Å². The fraction of sp³-hybridized carbons (Fsp3) is 0.200. The predicted molar refractivity (Wildman–Crippen MR) is 81.4 cm³/mol. The summed E-state index contributed by atoms with van der Waals surface area (Å²) in [5.41, 5.74) is 11.0. The highest BCUT2D eigenvalue weighted by Gasteiger charge is 2.07. The molecule has 3 N–H and O–H groups in total. The lowest BCUT2D eigenvalue weighted by molar-refractivity contribution is 0.756. The number of rotatable bonds is 3. The number of nitrogens with two attached hydrogens (primary N) is 1. The van der Waals surface area contributed by atoms with Crippen molar-refractivity contribution < 1.29 is 0 Å². The fourth-order valence-corrected chi connectivity index (χ4v) is 2.34. The summed E-state index contributed by atoms with van der Waals surface area (Å²) in [7, 11) is 1.92. The summed E-state index contributed by atoms with van der Waals surface area (Å²) in [6.07, 6.45) is 3.79. The Morgan fingerprint density at radius 2 is 2.15 bits per heavy atom. The summed E-state index contributed by atoms with van der Waals surface area (Å²) < 4.78 is 1.82. The van der Waals surface area contributed by atoms with Crippen LogP contribution in [0.1, 0.15) is 11.3 Å². The van der Waals surface area contributed by atoms with Gasteiger partial charge in [0.2, 0.25) is 0 Å². The second-order valence-electron chi connectivity index (χ2n) is 4.86.